The summed E-state index contributed by atoms with van der Waals surface area (Å²) in [5.74, 6) is 1.70. The van der Waals surface area contributed by atoms with Crippen LogP contribution in [0.1, 0.15) is 23.3 Å². The van der Waals surface area contributed by atoms with E-state index in [1.165, 1.54) is 17.7 Å². The number of aromatic nitrogens is 2. The number of aromatic amines is 1. The molecule has 1 unspecified atom stereocenters. The summed E-state index contributed by atoms with van der Waals surface area (Å²) in [6, 6.07) is 0. The minimum absolute atomic E-state index is 0.00104. The van der Waals surface area contributed by atoms with E-state index in [9.17, 15) is 4.79 Å². The summed E-state index contributed by atoms with van der Waals surface area (Å²) < 4.78 is 0. The molecule has 2 aromatic heterocycles. The third kappa shape index (κ3) is 2.77. The molecule has 0 spiro atoms. The molecule has 0 saturated carbocycles. The Bertz CT molecular complexity index is 671. The van der Waals surface area contributed by atoms with Crippen molar-refractivity contribution in [1.29, 1.82) is 0 Å². The van der Waals surface area contributed by atoms with Crippen LogP contribution < -0.4 is 10.9 Å². The van der Waals surface area contributed by atoms with Gasteiger partial charge in [-0.1, -0.05) is 11.8 Å². The molecule has 1 aliphatic rings. The van der Waals surface area contributed by atoms with Crippen molar-refractivity contribution in [3.05, 3.63) is 20.8 Å². The third-order valence-electron chi connectivity index (χ3n) is 3.87. The Hall–Kier alpha value is -0.850. The second-order valence-electron chi connectivity index (χ2n) is 5.36. The van der Waals surface area contributed by atoms with Crippen molar-refractivity contribution in [2.24, 2.45) is 5.92 Å². The van der Waals surface area contributed by atoms with Gasteiger partial charge in [0.05, 0.1) is 5.39 Å². The molecule has 0 aromatic carbocycles. The van der Waals surface area contributed by atoms with Gasteiger partial charge in [-0.05, 0) is 51.3 Å². The van der Waals surface area contributed by atoms with E-state index in [0.29, 0.717) is 5.92 Å². The molecule has 0 radical (unpaired) electrons. The maximum absolute atomic E-state index is 12.2. The molecule has 0 amide bonds. The van der Waals surface area contributed by atoms with E-state index in [1.807, 2.05) is 13.8 Å². The van der Waals surface area contributed by atoms with Gasteiger partial charge in [-0.15, -0.1) is 11.3 Å². The predicted octanol–water partition coefficient (Wildman–Crippen LogP) is 2.69. The van der Waals surface area contributed by atoms with Crippen molar-refractivity contribution < 1.29 is 0 Å². The lowest BCUT2D eigenvalue weighted by Crippen LogP contribution is -2.31. The van der Waals surface area contributed by atoms with Crippen LogP contribution >= 0.6 is 23.1 Å². The number of fused-ring (bicyclic) bond motifs is 1. The van der Waals surface area contributed by atoms with Crippen molar-refractivity contribution >= 4 is 33.3 Å². The first kappa shape index (κ1) is 14.1. The zero-order valence-electron chi connectivity index (χ0n) is 11.8. The highest BCUT2D eigenvalue weighted by atomic mass is 32.2. The Labute approximate surface area is 126 Å². The molecule has 20 heavy (non-hydrogen) atoms. The first-order valence-corrected chi connectivity index (χ1v) is 8.79. The van der Waals surface area contributed by atoms with E-state index in [0.717, 1.165) is 39.8 Å². The van der Waals surface area contributed by atoms with Crippen molar-refractivity contribution in [3.63, 3.8) is 0 Å². The highest BCUT2D eigenvalue weighted by Gasteiger charge is 2.15. The Kier molecular flexibility index (Phi) is 4.14. The van der Waals surface area contributed by atoms with E-state index in [-0.39, 0.29) is 5.56 Å². The fourth-order valence-electron chi connectivity index (χ4n) is 2.57. The summed E-state index contributed by atoms with van der Waals surface area (Å²) in [7, 11) is 0. The van der Waals surface area contributed by atoms with E-state index < -0.39 is 0 Å². The summed E-state index contributed by atoms with van der Waals surface area (Å²) in [6.45, 7) is 6.25. The number of hydrogen-bond donors (Lipinski definition) is 2. The number of nitrogens with zero attached hydrogens (tertiary/aromatic N) is 1. The van der Waals surface area contributed by atoms with Crippen LogP contribution in [-0.4, -0.2) is 28.8 Å². The number of rotatable bonds is 3. The second-order valence-corrected chi connectivity index (χ2v) is 7.57. The molecule has 4 nitrogen and oxygen atoms in total. The van der Waals surface area contributed by atoms with Gasteiger partial charge in [-0.3, -0.25) is 4.79 Å². The maximum atomic E-state index is 12.2. The average molecular weight is 309 g/mol. The number of thioether (sulfide) groups is 1. The molecule has 2 N–H and O–H groups in total. The van der Waals surface area contributed by atoms with Gasteiger partial charge >= 0.3 is 0 Å². The monoisotopic (exact) mass is 309 g/mol. The minimum Gasteiger partial charge on any atom is -0.316 e. The lowest BCUT2D eigenvalue weighted by molar-refractivity contribution is 0.410. The average Bonchev–Trinajstić information content (AvgIpc) is 2.73. The van der Waals surface area contributed by atoms with Crippen molar-refractivity contribution in [3.8, 4) is 0 Å². The van der Waals surface area contributed by atoms with Crippen molar-refractivity contribution in [1.82, 2.24) is 15.3 Å². The van der Waals surface area contributed by atoms with Crippen molar-refractivity contribution in [2.75, 3.05) is 18.8 Å². The molecule has 0 bridgehead atoms. The van der Waals surface area contributed by atoms with Gasteiger partial charge in [0.15, 0.2) is 5.16 Å². The van der Waals surface area contributed by atoms with Crippen molar-refractivity contribution in [2.45, 2.75) is 31.8 Å². The molecule has 3 rings (SSSR count). The second kappa shape index (κ2) is 5.87. The fourth-order valence-corrected chi connectivity index (χ4v) is 4.65. The molecular weight excluding hydrogens is 290 g/mol. The van der Waals surface area contributed by atoms with E-state index in [4.69, 9.17) is 0 Å². The molecule has 0 aliphatic carbocycles. The summed E-state index contributed by atoms with van der Waals surface area (Å²) in [6.07, 6.45) is 2.52. The Morgan fingerprint density at radius 3 is 3.05 bits per heavy atom. The topological polar surface area (TPSA) is 57.8 Å². The lowest BCUT2D eigenvalue weighted by atomic mass is 10.0. The Balaban J connectivity index is 1.80. The van der Waals surface area contributed by atoms with Crippen LogP contribution in [0.25, 0.3) is 10.2 Å². The van der Waals surface area contributed by atoms with Crippen LogP contribution in [0.5, 0.6) is 0 Å². The zero-order chi connectivity index (χ0) is 14.1. The molecular formula is C14H19N3OS2. The van der Waals surface area contributed by atoms with Crippen LogP contribution in [-0.2, 0) is 0 Å². The first-order chi connectivity index (χ1) is 9.65. The number of thiophene rings is 1. The number of piperidine rings is 1. The Morgan fingerprint density at radius 1 is 1.45 bits per heavy atom. The molecule has 6 heteroatoms. The van der Waals surface area contributed by atoms with Gasteiger partial charge in [0.25, 0.3) is 5.56 Å². The molecule has 1 saturated heterocycles. The zero-order valence-corrected chi connectivity index (χ0v) is 13.4. The van der Waals surface area contributed by atoms with E-state index in [2.05, 4.69) is 15.3 Å². The van der Waals surface area contributed by atoms with Crippen LogP contribution in [0.2, 0.25) is 0 Å². The molecule has 1 fully saturated rings. The van der Waals surface area contributed by atoms with Gasteiger partial charge in [-0.25, -0.2) is 4.98 Å². The number of nitrogens with one attached hydrogen (secondary N) is 2. The summed E-state index contributed by atoms with van der Waals surface area (Å²) in [5, 5.41) is 4.94. The van der Waals surface area contributed by atoms with Gasteiger partial charge in [0.1, 0.15) is 4.83 Å². The highest BCUT2D eigenvalue weighted by molar-refractivity contribution is 7.99. The smallest absolute Gasteiger partial charge is 0.260 e. The summed E-state index contributed by atoms with van der Waals surface area (Å²) >= 11 is 3.28. The lowest BCUT2D eigenvalue weighted by Gasteiger charge is -2.21. The van der Waals surface area contributed by atoms with Gasteiger partial charge in [-0.2, -0.15) is 0 Å². The highest BCUT2D eigenvalue weighted by Crippen LogP contribution is 2.28. The van der Waals surface area contributed by atoms with Crippen LogP contribution in [0.4, 0.5) is 0 Å². The number of aryl methyl sites for hydroxylation is 2. The molecule has 108 valence electrons. The van der Waals surface area contributed by atoms with Gasteiger partial charge in [0.2, 0.25) is 0 Å². The number of hydrogen-bond acceptors (Lipinski definition) is 5. The first-order valence-electron chi connectivity index (χ1n) is 6.98. The maximum Gasteiger partial charge on any atom is 0.260 e. The summed E-state index contributed by atoms with van der Waals surface area (Å²) in [4.78, 5) is 21.8. The van der Waals surface area contributed by atoms with Crippen LogP contribution in [0, 0.1) is 19.8 Å². The molecule has 3 heterocycles. The quantitative estimate of drug-likeness (QED) is 0.676. The van der Waals surface area contributed by atoms with Gasteiger partial charge < -0.3 is 10.3 Å². The van der Waals surface area contributed by atoms with Gasteiger partial charge in [0, 0.05) is 10.6 Å². The minimum atomic E-state index is 0.00104. The molecule has 2 aromatic rings. The molecule has 1 atom stereocenters. The standard InChI is InChI=1S/C14H19N3OS2/c1-8-9(2)20-13-11(8)12(18)16-14(17-13)19-7-10-4-3-5-15-6-10/h10,15H,3-7H2,1-2H3,(H,16,17,18). The van der Waals surface area contributed by atoms with Crippen LogP contribution in [0.15, 0.2) is 9.95 Å². The predicted molar refractivity (Wildman–Crippen MR) is 86.0 cm³/mol. The van der Waals surface area contributed by atoms with Crippen LogP contribution in [0.3, 0.4) is 0 Å². The van der Waals surface area contributed by atoms with E-state index >= 15 is 0 Å². The number of H-pyrrole nitrogens is 1. The Morgan fingerprint density at radius 2 is 2.30 bits per heavy atom. The SMILES string of the molecule is Cc1sc2nc(SCC3CCCNC3)[nH]c(=O)c2c1C. The third-order valence-corrected chi connectivity index (χ3v) is 6.08. The summed E-state index contributed by atoms with van der Waals surface area (Å²) in [5.41, 5.74) is 1.06. The fraction of sp³-hybridized carbons (Fsp3) is 0.571. The molecule has 1 aliphatic heterocycles. The van der Waals surface area contributed by atoms with E-state index in [1.54, 1.807) is 23.1 Å². The normalized spacial score (nSPS) is 19.6. The largest absolute Gasteiger partial charge is 0.316 e.